The second-order valence-corrected chi connectivity index (χ2v) is 3.06. The summed E-state index contributed by atoms with van der Waals surface area (Å²) in [5.74, 6) is 0.965. The summed E-state index contributed by atoms with van der Waals surface area (Å²) in [5, 5.41) is 1.18. The Kier molecular flexibility index (Phi) is 1.91. The Balaban J connectivity index is 2.26. The monoisotopic (exact) mass is 119 g/mol. The predicted octanol–water partition coefficient (Wildman–Crippen LogP) is 1.41. The fraction of sp³-hybridized carbons (Fsp3) is 0.667. The predicted molar refractivity (Wildman–Crippen MR) is 33.4 cm³/mol. The maximum atomic E-state index is 3.98. The van der Waals surface area contributed by atoms with Crippen molar-refractivity contribution in [3.63, 3.8) is 0 Å². The molecule has 0 aliphatic carbocycles. The van der Waals surface area contributed by atoms with E-state index in [9.17, 15) is 0 Å². The Morgan fingerprint density at radius 1 is 1.67 bits per heavy atom. The van der Waals surface area contributed by atoms with Crippen molar-refractivity contribution in [3.8, 4) is 0 Å². The van der Waals surface area contributed by atoms with Gasteiger partial charge in [-0.25, -0.2) is 0 Å². The molecule has 34 valence electrons. The van der Waals surface area contributed by atoms with Crippen LogP contribution in [0.5, 0.6) is 0 Å². The summed E-state index contributed by atoms with van der Waals surface area (Å²) in [7, 11) is 0. The lowest BCUT2D eigenvalue weighted by Gasteiger charge is -1.97. The number of hydrogen-bond acceptors (Lipinski definition) is 3. The van der Waals surface area contributed by atoms with Crippen LogP contribution in [0.15, 0.2) is 4.99 Å². The van der Waals surface area contributed by atoms with Gasteiger partial charge in [0.1, 0.15) is 0 Å². The molecule has 0 atom stereocenters. The van der Waals surface area contributed by atoms with Crippen molar-refractivity contribution < 1.29 is 0 Å². The van der Waals surface area contributed by atoms with Crippen molar-refractivity contribution >= 4 is 29.1 Å². The van der Waals surface area contributed by atoms with Crippen LogP contribution in [0.3, 0.4) is 0 Å². The molecule has 0 aromatic heterocycles. The Bertz CT molecular complexity index is 53.8. The maximum Gasteiger partial charge on any atom is 0.0858 e. The van der Waals surface area contributed by atoms with Crippen LogP contribution >= 0.6 is 23.5 Å². The van der Waals surface area contributed by atoms with Crippen LogP contribution in [0.2, 0.25) is 0 Å². The van der Waals surface area contributed by atoms with E-state index in [2.05, 4.69) is 4.99 Å². The molecule has 0 saturated heterocycles. The van der Waals surface area contributed by atoms with Crippen LogP contribution in [0.1, 0.15) is 0 Å². The minimum Gasteiger partial charge on any atom is -0.276 e. The van der Waals surface area contributed by atoms with E-state index in [0.29, 0.717) is 0 Å². The van der Waals surface area contributed by atoms with E-state index in [4.69, 9.17) is 0 Å². The summed E-state index contributed by atoms with van der Waals surface area (Å²) in [5.41, 5.74) is 1.91. The first-order valence-electron chi connectivity index (χ1n) is 1.68. The van der Waals surface area contributed by atoms with Crippen molar-refractivity contribution in [3.05, 3.63) is 0 Å². The van der Waals surface area contributed by atoms with E-state index in [1.54, 1.807) is 11.8 Å². The van der Waals surface area contributed by atoms with E-state index >= 15 is 0 Å². The average Bonchev–Trinajstić information content (AvgIpc) is 1.72. The van der Waals surface area contributed by atoms with Gasteiger partial charge in [-0.2, -0.15) is 0 Å². The van der Waals surface area contributed by atoms with Gasteiger partial charge in [0.15, 0.2) is 0 Å². The fourth-order valence-electron chi connectivity index (χ4n) is 0.252. The Morgan fingerprint density at radius 2 is 2.67 bits per heavy atom. The molecule has 1 heterocycles. The van der Waals surface area contributed by atoms with Crippen LogP contribution in [-0.2, 0) is 0 Å². The second kappa shape index (κ2) is 2.53. The highest BCUT2D eigenvalue weighted by molar-refractivity contribution is 8.23. The summed E-state index contributed by atoms with van der Waals surface area (Å²) in [6.07, 6.45) is 0. The van der Waals surface area contributed by atoms with Crippen molar-refractivity contribution in [1.29, 1.82) is 0 Å². The Hall–Kier alpha value is 0.370. The third kappa shape index (κ3) is 1.22. The smallest absolute Gasteiger partial charge is 0.0858 e. The highest BCUT2D eigenvalue weighted by Gasteiger charge is 1.88. The van der Waals surface area contributed by atoms with Crippen LogP contribution in [0.25, 0.3) is 0 Å². The van der Waals surface area contributed by atoms with Gasteiger partial charge in [-0.05, 0) is 0 Å². The van der Waals surface area contributed by atoms with Gasteiger partial charge in [0.2, 0.25) is 0 Å². The first-order chi connectivity index (χ1) is 3.00. The molecule has 0 fully saturated rings. The standard InChI is InChI=1S/C3H5NS2/c1-4-2-6-3-5-1/h1H,2-3H2. The molecule has 0 aromatic rings. The van der Waals surface area contributed by atoms with Gasteiger partial charge < -0.3 is 0 Å². The molecule has 0 radical (unpaired) electrons. The van der Waals surface area contributed by atoms with Crippen molar-refractivity contribution in [1.82, 2.24) is 0 Å². The summed E-state index contributed by atoms with van der Waals surface area (Å²) in [6.45, 7) is 0. The number of hydrogen-bond donors (Lipinski definition) is 0. The molecule has 0 amide bonds. The highest BCUT2D eigenvalue weighted by Crippen LogP contribution is 2.13. The number of thioether (sulfide) groups is 2. The summed E-state index contributed by atoms with van der Waals surface area (Å²) >= 11 is 3.63. The van der Waals surface area contributed by atoms with Gasteiger partial charge in [0.25, 0.3) is 0 Å². The quantitative estimate of drug-likeness (QED) is 0.478. The van der Waals surface area contributed by atoms with E-state index in [1.165, 1.54) is 5.08 Å². The molecular formula is C3H5NS2. The van der Waals surface area contributed by atoms with E-state index in [-0.39, 0.29) is 0 Å². The molecule has 1 aliphatic rings. The molecule has 0 spiro atoms. The molecule has 1 nitrogen and oxygen atoms in total. The SMILES string of the molecule is C1=NCSCS1. The van der Waals surface area contributed by atoms with Gasteiger partial charge in [0, 0.05) is 5.08 Å². The first-order valence-corrected chi connectivity index (χ1v) is 3.88. The van der Waals surface area contributed by atoms with Gasteiger partial charge >= 0.3 is 0 Å². The minimum atomic E-state index is 0.965. The molecule has 0 saturated carbocycles. The van der Waals surface area contributed by atoms with Crippen LogP contribution in [-0.4, -0.2) is 16.5 Å². The lowest BCUT2D eigenvalue weighted by Crippen LogP contribution is -1.81. The molecule has 0 unspecified atom stereocenters. The zero-order chi connectivity index (χ0) is 4.24. The van der Waals surface area contributed by atoms with Gasteiger partial charge in [-0.1, -0.05) is 0 Å². The summed E-state index contributed by atoms with van der Waals surface area (Å²) < 4.78 is 0. The average molecular weight is 119 g/mol. The van der Waals surface area contributed by atoms with Crippen molar-refractivity contribution in [2.24, 2.45) is 4.99 Å². The first kappa shape index (κ1) is 4.53. The summed E-state index contributed by atoms with van der Waals surface area (Å²) in [4.78, 5) is 3.98. The zero-order valence-corrected chi connectivity index (χ0v) is 4.89. The normalized spacial score (nSPS) is 21.3. The number of aliphatic imine (C=N–C) groups is 1. The molecule has 0 bridgehead atoms. The molecule has 1 aliphatic heterocycles. The van der Waals surface area contributed by atoms with Crippen LogP contribution < -0.4 is 0 Å². The molecule has 0 aromatic carbocycles. The van der Waals surface area contributed by atoms with Crippen LogP contribution in [0.4, 0.5) is 0 Å². The van der Waals surface area contributed by atoms with Gasteiger partial charge in [-0.3, -0.25) is 4.99 Å². The van der Waals surface area contributed by atoms with E-state index < -0.39 is 0 Å². The molecular weight excluding hydrogens is 114 g/mol. The van der Waals surface area contributed by atoms with Gasteiger partial charge in [0.05, 0.1) is 11.4 Å². The zero-order valence-electron chi connectivity index (χ0n) is 3.26. The second-order valence-electron chi connectivity index (χ2n) is 0.906. The van der Waals surface area contributed by atoms with Gasteiger partial charge in [-0.15, -0.1) is 23.5 Å². The molecule has 0 N–H and O–H groups in total. The molecule has 1 rings (SSSR count). The lowest BCUT2D eigenvalue weighted by molar-refractivity contribution is 1.41. The molecule has 6 heavy (non-hydrogen) atoms. The summed E-state index contributed by atoms with van der Waals surface area (Å²) in [6, 6.07) is 0. The Morgan fingerprint density at radius 3 is 2.83 bits per heavy atom. The minimum absolute atomic E-state index is 0.965. The largest absolute Gasteiger partial charge is 0.276 e. The van der Waals surface area contributed by atoms with Crippen molar-refractivity contribution in [2.45, 2.75) is 0 Å². The van der Waals surface area contributed by atoms with E-state index in [1.807, 2.05) is 17.3 Å². The third-order valence-electron chi connectivity index (χ3n) is 0.466. The topological polar surface area (TPSA) is 12.4 Å². The Labute approximate surface area is 45.6 Å². The third-order valence-corrected chi connectivity index (χ3v) is 2.31. The lowest BCUT2D eigenvalue weighted by atomic mass is 11.4. The fourth-order valence-corrected chi connectivity index (χ4v) is 1.63. The van der Waals surface area contributed by atoms with E-state index in [0.717, 1.165) is 5.88 Å². The van der Waals surface area contributed by atoms with Crippen LogP contribution in [0, 0.1) is 0 Å². The molecule has 3 heteroatoms. The number of nitrogens with zero attached hydrogens (tertiary/aromatic N) is 1. The highest BCUT2D eigenvalue weighted by atomic mass is 32.2. The van der Waals surface area contributed by atoms with Crippen molar-refractivity contribution in [2.75, 3.05) is 11.0 Å². The number of rotatable bonds is 0. The maximum absolute atomic E-state index is 3.98.